The van der Waals surface area contributed by atoms with Crippen LogP contribution in [0.1, 0.15) is 33.2 Å². The molecule has 9 heteroatoms. The predicted molar refractivity (Wildman–Crippen MR) is 134 cm³/mol. The fourth-order valence-electron chi connectivity index (χ4n) is 3.67. The normalized spacial score (nSPS) is 13.1. The highest BCUT2D eigenvalue weighted by Gasteiger charge is 2.40. The fraction of sp³-hybridized carbons (Fsp3) is 0.111. The Morgan fingerprint density at radius 2 is 1.56 bits per heavy atom. The van der Waals surface area contributed by atoms with E-state index in [0.29, 0.717) is 17.0 Å². The summed E-state index contributed by atoms with van der Waals surface area (Å²) in [7, 11) is 1.20. The van der Waals surface area contributed by atoms with Crippen LogP contribution in [-0.4, -0.2) is 30.9 Å². The van der Waals surface area contributed by atoms with E-state index in [0.717, 1.165) is 16.9 Å². The number of imide groups is 1. The van der Waals surface area contributed by atoms with Gasteiger partial charge in [0.25, 0.3) is 11.8 Å². The largest absolute Gasteiger partial charge is 0.465 e. The number of halogens is 1. The first-order chi connectivity index (χ1) is 17.3. The maximum Gasteiger partial charge on any atom is 0.343 e. The van der Waals surface area contributed by atoms with Crippen molar-refractivity contribution in [2.75, 3.05) is 17.3 Å². The van der Waals surface area contributed by atoms with Crippen LogP contribution in [0.15, 0.2) is 83.5 Å². The van der Waals surface area contributed by atoms with Crippen molar-refractivity contribution in [3.8, 4) is 5.75 Å². The minimum absolute atomic E-state index is 0.0416. The van der Waals surface area contributed by atoms with Gasteiger partial charge in [0.05, 0.1) is 23.9 Å². The highest BCUT2D eigenvalue weighted by molar-refractivity contribution is 6.53. The number of benzene rings is 3. The third kappa shape index (κ3) is 4.71. The molecule has 1 N–H and O–H groups in total. The Morgan fingerprint density at radius 3 is 2.25 bits per heavy atom. The van der Waals surface area contributed by atoms with Crippen molar-refractivity contribution in [2.24, 2.45) is 0 Å². The smallest absolute Gasteiger partial charge is 0.343 e. The second-order valence-electron chi connectivity index (χ2n) is 7.70. The van der Waals surface area contributed by atoms with E-state index in [9.17, 15) is 19.2 Å². The van der Waals surface area contributed by atoms with Gasteiger partial charge >= 0.3 is 11.9 Å². The number of ether oxygens (including phenoxy) is 2. The monoisotopic (exact) mass is 504 g/mol. The molecule has 0 spiro atoms. The summed E-state index contributed by atoms with van der Waals surface area (Å²) >= 11 is 6.20. The Balaban J connectivity index is 1.52. The number of para-hydroxylation sites is 2. The third-order valence-corrected chi connectivity index (χ3v) is 5.87. The molecule has 0 radical (unpaired) electrons. The number of aryl methyl sites for hydroxylation is 1. The summed E-state index contributed by atoms with van der Waals surface area (Å²) in [5.74, 6) is -2.26. The minimum atomic E-state index is -0.782. The molecule has 3 aromatic rings. The van der Waals surface area contributed by atoms with Crippen molar-refractivity contribution in [3.63, 3.8) is 0 Å². The molecule has 0 saturated carbocycles. The van der Waals surface area contributed by atoms with Crippen molar-refractivity contribution in [1.82, 2.24) is 0 Å². The molecule has 0 fully saturated rings. The number of amides is 2. The number of carbonyl (C=O) groups excluding carboxylic acids is 4. The van der Waals surface area contributed by atoms with Crippen LogP contribution in [0.5, 0.6) is 5.75 Å². The van der Waals surface area contributed by atoms with Crippen LogP contribution >= 0.6 is 11.6 Å². The summed E-state index contributed by atoms with van der Waals surface area (Å²) in [6.07, 6.45) is 0.718. The molecule has 1 aliphatic heterocycles. The summed E-state index contributed by atoms with van der Waals surface area (Å²) in [6, 6.07) is 19.5. The minimum Gasteiger partial charge on any atom is -0.465 e. The second kappa shape index (κ2) is 10.5. The second-order valence-corrected chi connectivity index (χ2v) is 8.07. The Morgan fingerprint density at radius 1 is 0.889 bits per heavy atom. The van der Waals surface area contributed by atoms with E-state index in [1.807, 2.05) is 19.1 Å². The van der Waals surface area contributed by atoms with Gasteiger partial charge in [0.1, 0.15) is 16.5 Å². The van der Waals surface area contributed by atoms with E-state index >= 15 is 0 Å². The van der Waals surface area contributed by atoms with E-state index in [2.05, 4.69) is 5.32 Å². The highest BCUT2D eigenvalue weighted by atomic mass is 35.5. The molecule has 8 nitrogen and oxygen atoms in total. The van der Waals surface area contributed by atoms with Crippen molar-refractivity contribution in [1.29, 1.82) is 0 Å². The molecule has 2 amide bonds. The molecule has 0 aromatic heterocycles. The Bertz CT molecular complexity index is 1400. The van der Waals surface area contributed by atoms with Crippen molar-refractivity contribution in [3.05, 3.63) is 100 Å². The topological polar surface area (TPSA) is 102 Å². The number of rotatable bonds is 7. The molecule has 36 heavy (non-hydrogen) atoms. The molecule has 1 aliphatic rings. The van der Waals surface area contributed by atoms with Crippen LogP contribution in [0.4, 0.5) is 11.4 Å². The lowest BCUT2D eigenvalue weighted by molar-refractivity contribution is -0.120. The summed E-state index contributed by atoms with van der Waals surface area (Å²) < 4.78 is 10.3. The highest BCUT2D eigenvalue weighted by Crippen LogP contribution is 2.32. The zero-order valence-corrected chi connectivity index (χ0v) is 20.2. The Hall–Kier alpha value is -4.43. The van der Waals surface area contributed by atoms with E-state index in [1.54, 1.807) is 36.4 Å². The van der Waals surface area contributed by atoms with Gasteiger partial charge in [-0.1, -0.05) is 48.9 Å². The average Bonchev–Trinajstić information content (AvgIpc) is 3.11. The first-order valence-corrected chi connectivity index (χ1v) is 11.4. The number of esters is 2. The van der Waals surface area contributed by atoms with Gasteiger partial charge in [0, 0.05) is 5.69 Å². The van der Waals surface area contributed by atoms with Gasteiger partial charge < -0.3 is 14.8 Å². The van der Waals surface area contributed by atoms with Gasteiger partial charge in [0.2, 0.25) is 0 Å². The first kappa shape index (κ1) is 24.7. The van der Waals surface area contributed by atoms with Gasteiger partial charge in [-0.3, -0.25) is 9.59 Å². The van der Waals surface area contributed by atoms with Crippen molar-refractivity contribution in [2.45, 2.75) is 13.3 Å². The van der Waals surface area contributed by atoms with Crippen LogP contribution in [0, 0.1) is 0 Å². The molecule has 182 valence electrons. The number of anilines is 2. The molecule has 0 unspecified atom stereocenters. The van der Waals surface area contributed by atoms with Crippen molar-refractivity contribution < 1.29 is 28.7 Å². The van der Waals surface area contributed by atoms with E-state index in [4.69, 9.17) is 21.1 Å². The quantitative estimate of drug-likeness (QED) is 0.283. The van der Waals surface area contributed by atoms with Crippen LogP contribution < -0.4 is 15.0 Å². The molecular formula is C27H21ClN2O6. The zero-order valence-electron chi connectivity index (χ0n) is 19.4. The molecule has 4 rings (SSSR count). The summed E-state index contributed by atoms with van der Waals surface area (Å²) in [5, 5.41) is 2.50. The standard InChI is InChI=1S/C27H21ClN2O6/c1-3-16-8-4-7-11-21(16)36-26(33)17-12-14-18(15-13-17)29-23-22(28)24(31)30(25(23)32)20-10-6-5-9-19(20)27(34)35-2/h4-15,29H,3H2,1-2H3. The molecule has 0 bridgehead atoms. The van der Waals surface area contributed by atoms with Gasteiger partial charge in [-0.15, -0.1) is 0 Å². The van der Waals surface area contributed by atoms with E-state index in [-0.39, 0.29) is 22.0 Å². The molecule has 3 aromatic carbocycles. The number of nitrogens with zero attached hydrogens (tertiary/aromatic N) is 1. The number of methoxy groups -OCH3 is 1. The molecule has 0 atom stereocenters. The number of hydrogen-bond acceptors (Lipinski definition) is 7. The maximum atomic E-state index is 13.1. The third-order valence-electron chi connectivity index (χ3n) is 5.52. The van der Waals surface area contributed by atoms with Gasteiger partial charge in [-0.2, -0.15) is 0 Å². The van der Waals surface area contributed by atoms with E-state index < -0.39 is 23.8 Å². The predicted octanol–water partition coefficient (Wildman–Crippen LogP) is 4.69. The zero-order chi connectivity index (χ0) is 25.8. The molecular weight excluding hydrogens is 484 g/mol. The lowest BCUT2D eigenvalue weighted by Gasteiger charge is -2.17. The first-order valence-electron chi connectivity index (χ1n) is 11.0. The van der Waals surface area contributed by atoms with Crippen molar-refractivity contribution >= 4 is 46.7 Å². The van der Waals surface area contributed by atoms with Gasteiger partial charge in [-0.25, -0.2) is 14.5 Å². The lowest BCUT2D eigenvalue weighted by atomic mass is 10.1. The fourth-order valence-corrected chi connectivity index (χ4v) is 3.88. The Kier molecular flexibility index (Phi) is 7.17. The number of nitrogens with one attached hydrogen (secondary N) is 1. The molecule has 0 saturated heterocycles. The van der Waals surface area contributed by atoms with Crippen LogP contribution in [0.25, 0.3) is 0 Å². The number of carbonyl (C=O) groups is 4. The van der Waals surface area contributed by atoms with Crippen LogP contribution in [-0.2, 0) is 20.7 Å². The van der Waals surface area contributed by atoms with E-state index in [1.165, 1.54) is 31.4 Å². The van der Waals surface area contributed by atoms with Gasteiger partial charge in [-0.05, 0) is 54.4 Å². The summed E-state index contributed by atoms with van der Waals surface area (Å²) in [4.78, 5) is 51.4. The van der Waals surface area contributed by atoms with Crippen LogP contribution in [0.2, 0.25) is 0 Å². The molecule has 0 aliphatic carbocycles. The number of hydrogen-bond donors (Lipinski definition) is 1. The molecule has 1 heterocycles. The SMILES string of the molecule is CCc1ccccc1OC(=O)c1ccc(NC2=C(Cl)C(=O)N(c3ccccc3C(=O)OC)C2=O)cc1. The van der Waals surface area contributed by atoms with Gasteiger partial charge in [0.15, 0.2) is 0 Å². The average molecular weight is 505 g/mol. The lowest BCUT2D eigenvalue weighted by Crippen LogP contribution is -2.33. The summed E-state index contributed by atoms with van der Waals surface area (Å²) in [6.45, 7) is 1.97. The van der Waals surface area contributed by atoms with Crippen LogP contribution in [0.3, 0.4) is 0 Å². The Labute approximate surface area is 212 Å². The summed E-state index contributed by atoms with van der Waals surface area (Å²) in [5.41, 5.74) is 1.56. The maximum absolute atomic E-state index is 13.1.